The molecule has 9 heteroatoms. The Labute approximate surface area is 213 Å². The minimum Gasteiger partial charge on any atom is -0.481 e. The number of para-hydroxylation sites is 2. The first-order valence-corrected chi connectivity index (χ1v) is 11.9. The van der Waals surface area contributed by atoms with Gasteiger partial charge in [0.25, 0.3) is 0 Å². The van der Waals surface area contributed by atoms with Gasteiger partial charge in [0.2, 0.25) is 0 Å². The third-order valence-corrected chi connectivity index (χ3v) is 5.54. The highest BCUT2D eigenvalue weighted by molar-refractivity contribution is 6.08. The fraction of sp³-hybridized carbons (Fsp3) is 0.214. The van der Waals surface area contributed by atoms with Gasteiger partial charge in [0.05, 0.1) is 23.3 Å². The van der Waals surface area contributed by atoms with E-state index >= 15 is 0 Å². The van der Waals surface area contributed by atoms with E-state index in [4.69, 9.17) is 19.6 Å². The van der Waals surface area contributed by atoms with Crippen molar-refractivity contribution in [1.82, 2.24) is 4.98 Å². The molecule has 1 aromatic heterocycles. The Hall–Kier alpha value is -4.66. The quantitative estimate of drug-likeness (QED) is 0.178. The fourth-order valence-corrected chi connectivity index (χ4v) is 3.94. The Balaban J connectivity index is 1.65. The van der Waals surface area contributed by atoms with Crippen LogP contribution in [0.15, 0.2) is 66.7 Å². The number of carbonyl (C=O) groups excluding carboxylic acids is 2. The predicted octanol–water partition coefficient (Wildman–Crippen LogP) is 6.00. The number of hydrogen-bond acceptors (Lipinski definition) is 7. The van der Waals surface area contributed by atoms with Gasteiger partial charge < -0.3 is 19.9 Å². The van der Waals surface area contributed by atoms with Gasteiger partial charge in [0.1, 0.15) is 6.61 Å². The highest BCUT2D eigenvalue weighted by Gasteiger charge is 2.13. The average molecular weight is 502 g/mol. The third-order valence-electron chi connectivity index (χ3n) is 5.54. The Morgan fingerprint density at radius 1 is 0.865 bits per heavy atom. The molecule has 0 aliphatic carbocycles. The first kappa shape index (κ1) is 25.4. The SMILES string of the molecule is CCOC(=O)Nc1cc(COC(=O)CCCC(=O)O)cc(Nc2c3ccccc3nc3ccccc23)c1. The van der Waals surface area contributed by atoms with Gasteiger partial charge >= 0.3 is 18.0 Å². The van der Waals surface area contributed by atoms with E-state index in [9.17, 15) is 14.4 Å². The van der Waals surface area contributed by atoms with Crippen LogP contribution in [0.25, 0.3) is 21.8 Å². The molecule has 190 valence electrons. The summed E-state index contributed by atoms with van der Waals surface area (Å²) in [4.78, 5) is 39.6. The van der Waals surface area contributed by atoms with E-state index in [1.54, 1.807) is 19.1 Å². The summed E-state index contributed by atoms with van der Waals surface area (Å²) in [6, 6.07) is 20.9. The number of carboxylic acid groups (broad SMARTS) is 1. The molecule has 1 heterocycles. The van der Waals surface area contributed by atoms with Crippen molar-refractivity contribution < 1.29 is 29.0 Å². The maximum Gasteiger partial charge on any atom is 0.411 e. The van der Waals surface area contributed by atoms with Crippen molar-refractivity contribution in [3.05, 3.63) is 72.3 Å². The van der Waals surface area contributed by atoms with E-state index in [2.05, 4.69) is 10.6 Å². The molecule has 1 amide bonds. The number of carboxylic acids is 1. The number of nitrogens with one attached hydrogen (secondary N) is 2. The molecule has 37 heavy (non-hydrogen) atoms. The van der Waals surface area contributed by atoms with E-state index < -0.39 is 18.0 Å². The molecule has 3 aromatic carbocycles. The number of carbonyl (C=O) groups is 3. The molecule has 0 aliphatic heterocycles. The molecule has 4 aromatic rings. The van der Waals surface area contributed by atoms with Crippen molar-refractivity contribution in [2.24, 2.45) is 0 Å². The number of fused-ring (bicyclic) bond motifs is 2. The van der Waals surface area contributed by atoms with E-state index in [1.807, 2.05) is 54.6 Å². The molecular formula is C28H27N3O6. The first-order valence-electron chi connectivity index (χ1n) is 11.9. The first-order chi connectivity index (χ1) is 17.9. The number of amides is 1. The van der Waals surface area contributed by atoms with Gasteiger partial charge in [-0.1, -0.05) is 36.4 Å². The summed E-state index contributed by atoms with van der Waals surface area (Å²) in [5.41, 5.74) is 4.27. The van der Waals surface area contributed by atoms with Crippen molar-refractivity contribution in [2.75, 3.05) is 17.2 Å². The molecule has 0 radical (unpaired) electrons. The second-order valence-electron chi connectivity index (χ2n) is 8.32. The van der Waals surface area contributed by atoms with Crippen LogP contribution in [0.4, 0.5) is 21.9 Å². The van der Waals surface area contributed by atoms with Crippen LogP contribution in [0.3, 0.4) is 0 Å². The number of ether oxygens (including phenoxy) is 2. The number of hydrogen-bond donors (Lipinski definition) is 3. The van der Waals surface area contributed by atoms with Gasteiger partial charge in [-0.3, -0.25) is 14.9 Å². The zero-order valence-corrected chi connectivity index (χ0v) is 20.3. The number of nitrogens with zero attached hydrogens (tertiary/aromatic N) is 1. The Kier molecular flexibility index (Phi) is 8.15. The molecule has 3 N–H and O–H groups in total. The summed E-state index contributed by atoms with van der Waals surface area (Å²) in [6.45, 7) is 1.89. The van der Waals surface area contributed by atoms with Crippen molar-refractivity contribution in [3.63, 3.8) is 0 Å². The fourth-order valence-electron chi connectivity index (χ4n) is 3.94. The van der Waals surface area contributed by atoms with Crippen LogP contribution in [0.1, 0.15) is 31.7 Å². The number of aromatic nitrogens is 1. The van der Waals surface area contributed by atoms with Crippen molar-refractivity contribution in [2.45, 2.75) is 32.8 Å². The van der Waals surface area contributed by atoms with Crippen molar-refractivity contribution in [3.8, 4) is 0 Å². The molecule has 4 rings (SSSR count). The summed E-state index contributed by atoms with van der Waals surface area (Å²) < 4.78 is 10.4. The zero-order valence-electron chi connectivity index (χ0n) is 20.3. The summed E-state index contributed by atoms with van der Waals surface area (Å²) in [5.74, 6) is -1.46. The molecule has 0 bridgehead atoms. The van der Waals surface area contributed by atoms with Gasteiger partial charge in [-0.05, 0) is 49.2 Å². The van der Waals surface area contributed by atoms with E-state index in [-0.39, 0.29) is 32.5 Å². The number of esters is 1. The maximum atomic E-state index is 12.1. The normalized spacial score (nSPS) is 10.7. The van der Waals surface area contributed by atoms with Crippen LogP contribution in [-0.2, 0) is 25.7 Å². The Bertz CT molecular complexity index is 1400. The second-order valence-corrected chi connectivity index (χ2v) is 8.32. The van der Waals surface area contributed by atoms with E-state index in [1.165, 1.54) is 0 Å². The lowest BCUT2D eigenvalue weighted by atomic mass is 10.1. The molecule has 0 atom stereocenters. The molecular weight excluding hydrogens is 474 g/mol. The molecule has 0 saturated carbocycles. The third kappa shape index (κ3) is 6.72. The smallest absolute Gasteiger partial charge is 0.411 e. The van der Waals surface area contributed by atoms with Crippen LogP contribution in [0.5, 0.6) is 0 Å². The van der Waals surface area contributed by atoms with Gasteiger partial charge in [-0.2, -0.15) is 0 Å². The summed E-state index contributed by atoms with van der Waals surface area (Å²) >= 11 is 0. The number of benzene rings is 3. The predicted molar refractivity (Wildman–Crippen MR) is 141 cm³/mol. The van der Waals surface area contributed by atoms with Crippen LogP contribution < -0.4 is 10.6 Å². The van der Waals surface area contributed by atoms with E-state index in [0.29, 0.717) is 16.9 Å². The largest absolute Gasteiger partial charge is 0.481 e. The monoisotopic (exact) mass is 501 g/mol. The van der Waals surface area contributed by atoms with Crippen LogP contribution in [-0.4, -0.2) is 34.7 Å². The van der Waals surface area contributed by atoms with E-state index in [0.717, 1.165) is 27.5 Å². The van der Waals surface area contributed by atoms with Crippen LogP contribution >= 0.6 is 0 Å². The molecule has 9 nitrogen and oxygen atoms in total. The van der Waals surface area contributed by atoms with Gasteiger partial charge in [-0.25, -0.2) is 9.78 Å². The Morgan fingerprint density at radius 2 is 1.51 bits per heavy atom. The molecule has 0 aliphatic rings. The maximum absolute atomic E-state index is 12.1. The Morgan fingerprint density at radius 3 is 2.16 bits per heavy atom. The minimum atomic E-state index is -0.961. The standard InChI is InChI=1S/C28H27N3O6/c1-2-36-28(35)30-20-15-18(17-37-26(34)13-7-12-25(32)33)14-19(16-20)29-27-21-8-3-5-10-23(21)31-24-11-6-4-9-22(24)27/h3-6,8-11,14-16H,2,7,12-13,17H2,1H3,(H,29,31)(H,30,35)(H,32,33). The summed E-state index contributed by atoms with van der Waals surface area (Å²) in [6.07, 6.45) is -0.493. The van der Waals surface area contributed by atoms with Crippen LogP contribution in [0.2, 0.25) is 0 Å². The lowest BCUT2D eigenvalue weighted by Gasteiger charge is -2.16. The second kappa shape index (κ2) is 11.9. The molecule has 0 unspecified atom stereocenters. The number of rotatable bonds is 10. The van der Waals surface area contributed by atoms with Crippen molar-refractivity contribution >= 4 is 56.9 Å². The highest BCUT2D eigenvalue weighted by atomic mass is 16.5. The molecule has 0 fully saturated rings. The topological polar surface area (TPSA) is 127 Å². The lowest BCUT2D eigenvalue weighted by Crippen LogP contribution is -2.14. The number of aliphatic carboxylic acids is 1. The van der Waals surface area contributed by atoms with Gasteiger partial charge in [-0.15, -0.1) is 0 Å². The average Bonchev–Trinajstić information content (AvgIpc) is 2.87. The lowest BCUT2D eigenvalue weighted by molar-refractivity contribution is -0.145. The molecule has 0 saturated heterocycles. The highest BCUT2D eigenvalue weighted by Crippen LogP contribution is 2.34. The van der Waals surface area contributed by atoms with Crippen LogP contribution in [0, 0.1) is 0 Å². The summed E-state index contributed by atoms with van der Waals surface area (Å²) in [5, 5.41) is 16.8. The number of pyridine rings is 1. The molecule has 0 spiro atoms. The number of anilines is 3. The summed E-state index contributed by atoms with van der Waals surface area (Å²) in [7, 11) is 0. The van der Waals surface area contributed by atoms with Crippen molar-refractivity contribution in [1.29, 1.82) is 0 Å². The van der Waals surface area contributed by atoms with Gasteiger partial charge in [0.15, 0.2) is 0 Å². The zero-order chi connectivity index (χ0) is 26.2. The minimum absolute atomic E-state index is 0.00711. The van der Waals surface area contributed by atoms with Gasteiger partial charge in [0, 0.05) is 35.0 Å².